The number of nitrogens with two attached hydrogens (primary N) is 1. The second-order valence-electron chi connectivity index (χ2n) is 4.78. The maximum atomic E-state index is 13.4. The number of nitrogens with one attached hydrogen (secondary N) is 1. The highest BCUT2D eigenvalue weighted by Crippen LogP contribution is 2.09. The van der Waals surface area contributed by atoms with Crippen LogP contribution < -0.4 is 11.1 Å². The number of rotatable bonds is 4. The molecule has 4 heteroatoms. The van der Waals surface area contributed by atoms with Gasteiger partial charge in [-0.3, -0.25) is 4.79 Å². The minimum Gasteiger partial charge on any atom is -0.399 e. The topological polar surface area (TPSA) is 55.1 Å². The molecule has 3 nitrogen and oxygen atoms in total. The van der Waals surface area contributed by atoms with E-state index >= 15 is 0 Å². The first-order chi connectivity index (χ1) is 9.54. The molecule has 0 unspecified atom stereocenters. The van der Waals surface area contributed by atoms with Crippen molar-refractivity contribution >= 4 is 11.6 Å². The molecule has 0 saturated carbocycles. The van der Waals surface area contributed by atoms with Gasteiger partial charge < -0.3 is 11.1 Å². The normalized spacial score (nSPS) is 10.3. The predicted molar refractivity (Wildman–Crippen MR) is 77.5 cm³/mol. The van der Waals surface area contributed by atoms with Crippen LogP contribution in [-0.4, -0.2) is 5.91 Å². The van der Waals surface area contributed by atoms with Crippen molar-refractivity contribution in [1.29, 1.82) is 0 Å². The number of carbonyl (C=O) groups excluding carboxylic acids is 1. The van der Waals surface area contributed by atoms with E-state index in [2.05, 4.69) is 5.32 Å². The van der Waals surface area contributed by atoms with Gasteiger partial charge in [0.25, 0.3) is 0 Å². The number of halogens is 1. The molecule has 0 fully saturated rings. The first kappa shape index (κ1) is 14.1. The molecule has 0 radical (unpaired) electrons. The van der Waals surface area contributed by atoms with Gasteiger partial charge in [-0.25, -0.2) is 4.39 Å². The van der Waals surface area contributed by atoms with Gasteiger partial charge in [-0.05, 0) is 41.8 Å². The number of hydrogen-bond donors (Lipinski definition) is 2. The summed E-state index contributed by atoms with van der Waals surface area (Å²) in [5.41, 5.74) is 8.50. The Hall–Kier alpha value is -2.36. The van der Waals surface area contributed by atoms with Crippen LogP contribution in [0.1, 0.15) is 16.7 Å². The lowest BCUT2D eigenvalue weighted by Gasteiger charge is -2.07. The minimum absolute atomic E-state index is 0.101. The Morgan fingerprint density at radius 3 is 2.45 bits per heavy atom. The molecule has 1 amide bonds. The van der Waals surface area contributed by atoms with Crippen molar-refractivity contribution in [3.8, 4) is 0 Å². The van der Waals surface area contributed by atoms with Gasteiger partial charge in [0.15, 0.2) is 0 Å². The molecule has 2 aromatic rings. The Balaban J connectivity index is 1.88. The molecule has 0 atom stereocenters. The number of benzene rings is 2. The number of aryl methyl sites for hydroxylation is 1. The fourth-order valence-corrected chi connectivity index (χ4v) is 1.83. The summed E-state index contributed by atoms with van der Waals surface area (Å²) in [5, 5.41) is 2.77. The van der Waals surface area contributed by atoms with Crippen molar-refractivity contribution in [3.63, 3.8) is 0 Å². The van der Waals surface area contributed by atoms with E-state index in [1.807, 2.05) is 18.2 Å². The maximum absolute atomic E-state index is 13.4. The Kier molecular flexibility index (Phi) is 4.35. The zero-order chi connectivity index (χ0) is 14.5. The summed E-state index contributed by atoms with van der Waals surface area (Å²) in [4.78, 5) is 11.8. The van der Waals surface area contributed by atoms with Crippen LogP contribution in [-0.2, 0) is 17.8 Å². The zero-order valence-corrected chi connectivity index (χ0v) is 11.3. The molecular weight excluding hydrogens is 255 g/mol. The van der Waals surface area contributed by atoms with Crippen LogP contribution >= 0.6 is 0 Å². The monoisotopic (exact) mass is 272 g/mol. The van der Waals surface area contributed by atoms with E-state index in [0.717, 1.165) is 11.1 Å². The smallest absolute Gasteiger partial charge is 0.224 e. The van der Waals surface area contributed by atoms with Gasteiger partial charge in [-0.2, -0.15) is 0 Å². The summed E-state index contributed by atoms with van der Waals surface area (Å²) >= 11 is 0. The van der Waals surface area contributed by atoms with Crippen LogP contribution in [0.4, 0.5) is 10.1 Å². The summed E-state index contributed by atoms with van der Waals surface area (Å²) in [6.07, 6.45) is 0.286. The fourth-order valence-electron chi connectivity index (χ4n) is 1.83. The average molecular weight is 272 g/mol. The van der Waals surface area contributed by atoms with Crippen molar-refractivity contribution in [2.75, 3.05) is 5.73 Å². The second-order valence-corrected chi connectivity index (χ2v) is 4.78. The number of carbonyl (C=O) groups is 1. The van der Waals surface area contributed by atoms with Gasteiger partial charge in [0.1, 0.15) is 5.82 Å². The highest BCUT2D eigenvalue weighted by atomic mass is 19.1. The van der Waals surface area contributed by atoms with E-state index in [4.69, 9.17) is 5.73 Å². The Labute approximate surface area is 117 Å². The molecule has 0 spiro atoms. The van der Waals surface area contributed by atoms with Crippen LogP contribution in [0, 0.1) is 12.7 Å². The molecule has 0 aliphatic heterocycles. The SMILES string of the molecule is Cc1ccc(CNC(=O)Cc2ccc(N)cc2)cc1F. The molecule has 0 aliphatic rings. The summed E-state index contributed by atoms with van der Waals surface area (Å²) in [6.45, 7) is 2.03. The van der Waals surface area contributed by atoms with Crippen molar-refractivity contribution in [2.45, 2.75) is 19.9 Å². The van der Waals surface area contributed by atoms with E-state index in [1.165, 1.54) is 6.07 Å². The highest BCUT2D eigenvalue weighted by Gasteiger charge is 2.04. The van der Waals surface area contributed by atoms with Crippen molar-refractivity contribution in [2.24, 2.45) is 0 Å². The van der Waals surface area contributed by atoms with Gasteiger partial charge in [0, 0.05) is 12.2 Å². The van der Waals surface area contributed by atoms with Crippen LogP contribution in [0.5, 0.6) is 0 Å². The average Bonchev–Trinajstić information content (AvgIpc) is 2.43. The molecule has 3 N–H and O–H groups in total. The third-order valence-electron chi connectivity index (χ3n) is 3.07. The van der Waals surface area contributed by atoms with Gasteiger partial charge >= 0.3 is 0 Å². The Bertz CT molecular complexity index is 608. The van der Waals surface area contributed by atoms with E-state index in [1.54, 1.807) is 25.1 Å². The summed E-state index contributed by atoms with van der Waals surface area (Å²) in [7, 11) is 0. The predicted octanol–water partition coefficient (Wildman–Crippen LogP) is 2.58. The number of hydrogen-bond acceptors (Lipinski definition) is 2. The van der Waals surface area contributed by atoms with Crippen LogP contribution in [0.3, 0.4) is 0 Å². The standard InChI is InChI=1S/C16H17FN2O/c1-11-2-3-13(8-15(11)17)10-19-16(20)9-12-4-6-14(18)7-5-12/h2-8H,9-10,18H2,1H3,(H,19,20). The summed E-state index contributed by atoms with van der Waals surface area (Å²) < 4.78 is 13.4. The Morgan fingerprint density at radius 1 is 1.15 bits per heavy atom. The minimum atomic E-state index is -0.254. The van der Waals surface area contributed by atoms with Gasteiger partial charge in [-0.15, -0.1) is 0 Å². The first-order valence-electron chi connectivity index (χ1n) is 6.41. The molecule has 20 heavy (non-hydrogen) atoms. The number of anilines is 1. The number of amides is 1. The molecule has 2 rings (SSSR count). The molecule has 104 valence electrons. The van der Waals surface area contributed by atoms with Crippen molar-refractivity contribution < 1.29 is 9.18 Å². The lowest BCUT2D eigenvalue weighted by atomic mass is 10.1. The molecule has 0 aromatic heterocycles. The van der Waals surface area contributed by atoms with Crippen LogP contribution in [0.15, 0.2) is 42.5 Å². The summed E-state index contributed by atoms with van der Waals surface area (Å²) in [5.74, 6) is -0.356. The maximum Gasteiger partial charge on any atom is 0.224 e. The molecule has 0 heterocycles. The lowest BCUT2D eigenvalue weighted by Crippen LogP contribution is -2.24. The largest absolute Gasteiger partial charge is 0.399 e. The van der Waals surface area contributed by atoms with Crippen LogP contribution in [0.25, 0.3) is 0 Å². The molecule has 2 aromatic carbocycles. The molecule has 0 bridgehead atoms. The van der Waals surface area contributed by atoms with Crippen molar-refractivity contribution in [3.05, 3.63) is 65.0 Å². The van der Waals surface area contributed by atoms with E-state index in [0.29, 0.717) is 17.8 Å². The van der Waals surface area contributed by atoms with Gasteiger partial charge in [0.2, 0.25) is 5.91 Å². The Morgan fingerprint density at radius 2 is 1.80 bits per heavy atom. The molecule has 0 saturated heterocycles. The van der Waals surface area contributed by atoms with Gasteiger partial charge in [-0.1, -0.05) is 24.3 Å². The van der Waals surface area contributed by atoms with E-state index in [-0.39, 0.29) is 18.1 Å². The van der Waals surface area contributed by atoms with E-state index in [9.17, 15) is 9.18 Å². The molecular formula is C16H17FN2O. The van der Waals surface area contributed by atoms with Crippen molar-refractivity contribution in [1.82, 2.24) is 5.32 Å². The van der Waals surface area contributed by atoms with E-state index < -0.39 is 0 Å². The third-order valence-corrected chi connectivity index (χ3v) is 3.07. The zero-order valence-electron chi connectivity index (χ0n) is 11.3. The second kappa shape index (κ2) is 6.19. The quantitative estimate of drug-likeness (QED) is 0.840. The first-order valence-corrected chi connectivity index (χ1v) is 6.41. The van der Waals surface area contributed by atoms with Gasteiger partial charge in [0.05, 0.1) is 6.42 Å². The molecule has 0 aliphatic carbocycles. The lowest BCUT2D eigenvalue weighted by molar-refractivity contribution is -0.120. The summed E-state index contributed by atoms with van der Waals surface area (Å²) in [6, 6.07) is 12.1. The third kappa shape index (κ3) is 3.82. The highest BCUT2D eigenvalue weighted by molar-refractivity contribution is 5.78. The fraction of sp³-hybridized carbons (Fsp3) is 0.188. The van der Waals surface area contributed by atoms with Crippen LogP contribution in [0.2, 0.25) is 0 Å². The number of nitrogen functional groups attached to an aromatic ring is 1.